The van der Waals surface area contributed by atoms with Crippen LogP contribution < -0.4 is 9.47 Å². The van der Waals surface area contributed by atoms with Crippen molar-refractivity contribution in [2.45, 2.75) is 75.9 Å². The minimum Gasteiger partial charge on any atom is -0.493 e. The highest BCUT2D eigenvalue weighted by Crippen LogP contribution is 2.39. The molecule has 4 heteroatoms. The van der Waals surface area contributed by atoms with Crippen LogP contribution in [0.4, 0.5) is 0 Å². The Labute approximate surface area is 187 Å². The van der Waals surface area contributed by atoms with Gasteiger partial charge >= 0.3 is 0 Å². The summed E-state index contributed by atoms with van der Waals surface area (Å²) in [4.78, 5) is 0. The SMILES string of the molecule is CCCCCCOc1c(CBr)ccc2c(OCCCCCC)c(CBr)ccc12. The molecule has 2 rings (SSSR count). The minimum absolute atomic E-state index is 0.770. The molecule has 0 unspecified atom stereocenters. The third kappa shape index (κ3) is 6.66. The van der Waals surface area contributed by atoms with E-state index >= 15 is 0 Å². The smallest absolute Gasteiger partial charge is 0.131 e. The summed E-state index contributed by atoms with van der Waals surface area (Å²) >= 11 is 7.24. The summed E-state index contributed by atoms with van der Waals surface area (Å²) in [6, 6.07) is 8.70. The molecule has 0 heterocycles. The molecular weight excluding hydrogens is 480 g/mol. The molecule has 0 amide bonds. The zero-order chi connectivity index (χ0) is 20.2. The van der Waals surface area contributed by atoms with Gasteiger partial charge in [-0.15, -0.1) is 0 Å². The number of alkyl halides is 2. The van der Waals surface area contributed by atoms with Gasteiger partial charge < -0.3 is 9.47 Å². The van der Waals surface area contributed by atoms with Crippen molar-refractivity contribution >= 4 is 42.6 Å². The molecule has 0 atom stereocenters. The summed E-state index contributed by atoms with van der Waals surface area (Å²) in [7, 11) is 0. The first-order valence-electron chi connectivity index (χ1n) is 10.7. The van der Waals surface area contributed by atoms with Gasteiger partial charge in [0.1, 0.15) is 11.5 Å². The van der Waals surface area contributed by atoms with E-state index < -0.39 is 0 Å². The van der Waals surface area contributed by atoms with E-state index in [1.165, 1.54) is 49.7 Å². The summed E-state index contributed by atoms with van der Waals surface area (Å²) in [6.45, 7) is 6.01. The van der Waals surface area contributed by atoms with Crippen LogP contribution in [-0.4, -0.2) is 13.2 Å². The van der Waals surface area contributed by atoms with E-state index in [0.717, 1.165) is 59.0 Å². The minimum atomic E-state index is 0.770. The van der Waals surface area contributed by atoms with Gasteiger partial charge in [-0.3, -0.25) is 0 Å². The fourth-order valence-electron chi connectivity index (χ4n) is 3.40. The lowest BCUT2D eigenvalue weighted by Crippen LogP contribution is -2.03. The van der Waals surface area contributed by atoms with Gasteiger partial charge in [-0.2, -0.15) is 0 Å². The Morgan fingerprint density at radius 1 is 0.607 bits per heavy atom. The maximum atomic E-state index is 6.28. The lowest BCUT2D eigenvalue weighted by Gasteiger charge is -2.18. The fraction of sp³-hybridized carbons (Fsp3) is 0.583. The van der Waals surface area contributed by atoms with Gasteiger partial charge in [0.15, 0.2) is 0 Å². The highest BCUT2D eigenvalue weighted by atomic mass is 79.9. The fourth-order valence-corrected chi connectivity index (χ4v) is 4.28. The van der Waals surface area contributed by atoms with Crippen LogP contribution in [0.3, 0.4) is 0 Å². The average molecular weight is 514 g/mol. The first-order chi connectivity index (χ1) is 13.8. The molecule has 28 heavy (non-hydrogen) atoms. The Bertz CT molecular complexity index is 654. The maximum Gasteiger partial charge on any atom is 0.131 e. The van der Waals surface area contributed by atoms with Gasteiger partial charge in [0.2, 0.25) is 0 Å². The summed E-state index contributed by atoms with van der Waals surface area (Å²) in [6.07, 6.45) is 9.70. The summed E-state index contributed by atoms with van der Waals surface area (Å²) < 4.78 is 12.6. The van der Waals surface area contributed by atoms with E-state index in [0.29, 0.717) is 0 Å². The monoisotopic (exact) mass is 512 g/mol. The second-order valence-electron chi connectivity index (χ2n) is 7.29. The van der Waals surface area contributed by atoms with Crippen molar-refractivity contribution in [2.75, 3.05) is 13.2 Å². The average Bonchev–Trinajstić information content (AvgIpc) is 2.73. The zero-order valence-corrected chi connectivity index (χ0v) is 20.5. The molecule has 156 valence electrons. The Hall–Kier alpha value is -0.740. The number of unbranched alkanes of at least 4 members (excludes halogenated alkanes) is 6. The normalized spacial score (nSPS) is 11.1. The lowest BCUT2D eigenvalue weighted by atomic mass is 10.0. The maximum absolute atomic E-state index is 6.28. The third-order valence-electron chi connectivity index (χ3n) is 5.04. The van der Waals surface area contributed by atoms with E-state index in [-0.39, 0.29) is 0 Å². The lowest BCUT2D eigenvalue weighted by molar-refractivity contribution is 0.303. The molecule has 0 aliphatic heterocycles. The van der Waals surface area contributed by atoms with Crippen molar-refractivity contribution in [2.24, 2.45) is 0 Å². The standard InChI is InChI=1S/C24H34Br2O2/c1-3-5-7-9-15-27-23-19(17-25)11-14-22-21(23)13-12-20(18-26)24(22)28-16-10-8-6-4-2/h11-14H,3-10,15-18H2,1-2H3. The number of hydrogen-bond acceptors (Lipinski definition) is 2. The van der Waals surface area contributed by atoms with E-state index in [9.17, 15) is 0 Å². The number of fused-ring (bicyclic) bond motifs is 1. The predicted molar refractivity (Wildman–Crippen MR) is 128 cm³/mol. The molecular formula is C24H34Br2O2. The van der Waals surface area contributed by atoms with Crippen molar-refractivity contribution in [3.8, 4) is 11.5 Å². The van der Waals surface area contributed by atoms with Gasteiger partial charge in [0.05, 0.1) is 13.2 Å². The Kier molecular flexibility index (Phi) is 11.3. The van der Waals surface area contributed by atoms with Crippen LogP contribution in [0.5, 0.6) is 11.5 Å². The number of benzene rings is 2. The molecule has 2 nitrogen and oxygen atoms in total. The molecule has 0 radical (unpaired) electrons. The molecule has 0 saturated heterocycles. The van der Waals surface area contributed by atoms with Crippen molar-refractivity contribution in [1.82, 2.24) is 0 Å². The van der Waals surface area contributed by atoms with Crippen molar-refractivity contribution < 1.29 is 9.47 Å². The van der Waals surface area contributed by atoms with Gasteiger partial charge in [-0.1, -0.05) is 108 Å². The predicted octanol–water partition coefficient (Wildman–Crippen LogP) is 8.55. The molecule has 0 saturated carbocycles. The van der Waals surface area contributed by atoms with Gasteiger partial charge in [0, 0.05) is 32.6 Å². The van der Waals surface area contributed by atoms with E-state index in [1.54, 1.807) is 0 Å². The highest BCUT2D eigenvalue weighted by molar-refractivity contribution is 9.08. The molecule has 0 N–H and O–H groups in total. The highest BCUT2D eigenvalue weighted by Gasteiger charge is 2.15. The molecule has 2 aromatic carbocycles. The molecule has 0 aliphatic rings. The first kappa shape index (κ1) is 23.5. The van der Waals surface area contributed by atoms with Crippen LogP contribution >= 0.6 is 31.9 Å². The number of hydrogen-bond donors (Lipinski definition) is 0. The van der Waals surface area contributed by atoms with Crippen LogP contribution in [-0.2, 0) is 10.7 Å². The van der Waals surface area contributed by atoms with Gasteiger partial charge in [-0.05, 0) is 12.8 Å². The molecule has 0 fully saturated rings. The summed E-state index contributed by atoms with van der Waals surface area (Å²) in [5.74, 6) is 2.01. The van der Waals surface area contributed by atoms with Crippen molar-refractivity contribution in [3.63, 3.8) is 0 Å². The molecule has 0 aromatic heterocycles. The second kappa shape index (κ2) is 13.5. The van der Waals surface area contributed by atoms with Crippen LogP contribution in [0.15, 0.2) is 24.3 Å². The van der Waals surface area contributed by atoms with E-state index in [1.807, 2.05) is 0 Å². The van der Waals surface area contributed by atoms with Crippen molar-refractivity contribution in [1.29, 1.82) is 0 Å². The van der Waals surface area contributed by atoms with Crippen LogP contribution in [0.2, 0.25) is 0 Å². The molecule has 0 bridgehead atoms. The molecule has 0 spiro atoms. The largest absolute Gasteiger partial charge is 0.493 e. The number of halogens is 2. The Balaban J connectivity index is 2.25. The molecule has 0 aliphatic carbocycles. The van der Waals surface area contributed by atoms with Crippen LogP contribution in [0, 0.1) is 0 Å². The van der Waals surface area contributed by atoms with Crippen molar-refractivity contribution in [3.05, 3.63) is 35.4 Å². The van der Waals surface area contributed by atoms with Crippen LogP contribution in [0.1, 0.15) is 76.3 Å². The van der Waals surface area contributed by atoms with E-state index in [4.69, 9.17) is 9.47 Å². The van der Waals surface area contributed by atoms with E-state index in [2.05, 4.69) is 70.0 Å². The zero-order valence-electron chi connectivity index (χ0n) is 17.4. The quantitative estimate of drug-likeness (QED) is 0.186. The summed E-state index contributed by atoms with van der Waals surface area (Å²) in [5, 5.41) is 3.89. The van der Waals surface area contributed by atoms with Gasteiger partial charge in [-0.25, -0.2) is 0 Å². The Morgan fingerprint density at radius 3 is 1.39 bits per heavy atom. The first-order valence-corrected chi connectivity index (χ1v) is 13.0. The third-order valence-corrected chi connectivity index (χ3v) is 6.25. The second-order valence-corrected chi connectivity index (χ2v) is 8.41. The number of rotatable bonds is 14. The summed E-state index contributed by atoms with van der Waals surface area (Å²) in [5.41, 5.74) is 2.40. The number of ether oxygens (including phenoxy) is 2. The van der Waals surface area contributed by atoms with Crippen LogP contribution in [0.25, 0.3) is 10.8 Å². The Morgan fingerprint density at radius 2 is 1.04 bits per heavy atom. The molecule has 2 aromatic rings. The topological polar surface area (TPSA) is 18.5 Å². The van der Waals surface area contributed by atoms with Gasteiger partial charge in [0.25, 0.3) is 0 Å².